The van der Waals surface area contributed by atoms with Crippen molar-refractivity contribution in [3.05, 3.63) is 0 Å². The van der Waals surface area contributed by atoms with E-state index in [1.54, 1.807) is 0 Å². The lowest BCUT2D eigenvalue weighted by molar-refractivity contribution is -0.267. The van der Waals surface area contributed by atoms with Gasteiger partial charge in [0.25, 0.3) is 0 Å². The number of hydrogen-bond acceptors (Lipinski definition) is 12. The summed E-state index contributed by atoms with van der Waals surface area (Å²) in [7, 11) is 0. The van der Waals surface area contributed by atoms with E-state index in [1.165, 1.54) is 20.8 Å². The molecule has 5 atom stereocenters. The maximum atomic E-state index is 11.8. The predicted octanol–water partition coefficient (Wildman–Crippen LogP) is 0.385. The maximum Gasteiger partial charge on any atom is 0.305 e. The largest absolute Gasteiger partial charge is 0.462 e. The van der Waals surface area contributed by atoms with Gasteiger partial charge in [-0.1, -0.05) is 0 Å². The summed E-state index contributed by atoms with van der Waals surface area (Å²) in [6.45, 7) is 8.09. The second-order valence-electron chi connectivity index (χ2n) is 7.18. The zero-order chi connectivity index (χ0) is 23.9. The van der Waals surface area contributed by atoms with E-state index in [1.807, 2.05) is 0 Å². The monoisotopic (exact) mass is 448 g/mol. The highest BCUT2D eigenvalue weighted by Gasteiger charge is 2.55. The van der Waals surface area contributed by atoms with Crippen molar-refractivity contribution >= 4 is 29.8 Å². The third-order valence-corrected chi connectivity index (χ3v) is 3.74. The first-order valence-corrected chi connectivity index (χ1v) is 9.39. The quantitative estimate of drug-likeness (QED) is 0.272. The van der Waals surface area contributed by atoms with Crippen molar-refractivity contribution in [3.63, 3.8) is 0 Å². The summed E-state index contributed by atoms with van der Waals surface area (Å²) < 4.78 is 37.1. The number of carbonyl (C=O) groups excluding carboxylic acids is 5. The van der Waals surface area contributed by atoms with Gasteiger partial charge in [-0.3, -0.25) is 24.0 Å². The molecule has 1 aliphatic rings. The zero-order valence-corrected chi connectivity index (χ0v) is 18.5. The highest BCUT2D eigenvalue weighted by atomic mass is 16.8. The summed E-state index contributed by atoms with van der Waals surface area (Å²) >= 11 is 0. The average molecular weight is 448 g/mol. The van der Waals surface area contributed by atoms with Crippen molar-refractivity contribution in [3.8, 4) is 0 Å². The molecule has 0 spiro atoms. The van der Waals surface area contributed by atoms with Gasteiger partial charge in [-0.25, -0.2) is 0 Å². The smallest absolute Gasteiger partial charge is 0.305 e. The number of hydrogen-bond donors (Lipinski definition) is 0. The lowest BCUT2D eigenvalue weighted by Gasteiger charge is -2.32. The standard InChI is InChI=1S/C19H28O12/c1-9(20)25-8-14(26-10(2)21)15-16(27-11(3)22)17(18(29-15)28-12(4)23)31-19(6,7)30-13(5)24/h14-18H,8H2,1-7H3/t14-,15-,16+,17-,18+/m1/s1. The van der Waals surface area contributed by atoms with E-state index in [-0.39, 0.29) is 0 Å². The molecule has 0 bridgehead atoms. The number of carbonyl (C=O) groups is 5. The van der Waals surface area contributed by atoms with Crippen molar-refractivity contribution in [1.29, 1.82) is 0 Å². The van der Waals surface area contributed by atoms with Gasteiger partial charge < -0.3 is 33.2 Å². The molecule has 0 aliphatic carbocycles. The van der Waals surface area contributed by atoms with Crippen LogP contribution in [-0.2, 0) is 57.1 Å². The first kappa shape index (κ1) is 26.3. The van der Waals surface area contributed by atoms with Crippen LogP contribution in [0.4, 0.5) is 0 Å². The summed E-state index contributed by atoms with van der Waals surface area (Å²) in [5, 5.41) is 0. The van der Waals surface area contributed by atoms with Crippen LogP contribution in [0.1, 0.15) is 48.5 Å². The van der Waals surface area contributed by atoms with Gasteiger partial charge in [0.05, 0.1) is 0 Å². The van der Waals surface area contributed by atoms with Crippen molar-refractivity contribution < 1.29 is 57.1 Å². The topological polar surface area (TPSA) is 150 Å². The highest BCUT2D eigenvalue weighted by Crippen LogP contribution is 2.34. The molecule has 0 aromatic carbocycles. The number of esters is 5. The van der Waals surface area contributed by atoms with Crippen LogP contribution in [0, 0.1) is 0 Å². The van der Waals surface area contributed by atoms with Gasteiger partial charge in [-0.05, 0) is 0 Å². The summed E-state index contributed by atoms with van der Waals surface area (Å²) in [4.78, 5) is 57.5. The Labute approximate surface area is 179 Å². The Balaban J connectivity index is 3.32. The second-order valence-corrected chi connectivity index (χ2v) is 7.18. The van der Waals surface area contributed by atoms with E-state index in [9.17, 15) is 24.0 Å². The lowest BCUT2D eigenvalue weighted by atomic mass is 10.1. The molecule has 0 unspecified atom stereocenters. The molecule has 0 aromatic heterocycles. The van der Waals surface area contributed by atoms with Crippen LogP contribution in [0.5, 0.6) is 0 Å². The molecular weight excluding hydrogens is 420 g/mol. The summed E-state index contributed by atoms with van der Waals surface area (Å²) in [5.74, 6) is -5.04. The van der Waals surface area contributed by atoms with Gasteiger partial charge in [0.2, 0.25) is 12.1 Å². The van der Waals surface area contributed by atoms with Crippen LogP contribution in [-0.4, -0.2) is 72.9 Å². The van der Waals surface area contributed by atoms with E-state index in [2.05, 4.69) is 0 Å². The SMILES string of the molecule is CC(=O)OC[C@@H](OC(C)=O)[C@H]1O[C@H](OC(C)=O)[C@H](OC(C)(C)OC(C)=O)[C@H]1OC(C)=O. The van der Waals surface area contributed by atoms with Crippen LogP contribution in [0.3, 0.4) is 0 Å². The van der Waals surface area contributed by atoms with E-state index in [0.717, 1.165) is 27.7 Å². The van der Waals surface area contributed by atoms with Gasteiger partial charge in [-0.2, -0.15) is 0 Å². The molecule has 0 radical (unpaired) electrons. The number of ether oxygens (including phenoxy) is 7. The maximum absolute atomic E-state index is 11.8. The fraction of sp³-hybridized carbons (Fsp3) is 0.737. The van der Waals surface area contributed by atoms with Gasteiger partial charge >= 0.3 is 29.8 Å². The van der Waals surface area contributed by atoms with Gasteiger partial charge in [0.1, 0.15) is 12.7 Å². The van der Waals surface area contributed by atoms with Gasteiger partial charge in [0.15, 0.2) is 18.3 Å². The average Bonchev–Trinajstić information content (AvgIpc) is 2.85. The van der Waals surface area contributed by atoms with E-state index < -0.39 is 72.9 Å². The van der Waals surface area contributed by atoms with Crippen LogP contribution in [0.15, 0.2) is 0 Å². The second kappa shape index (κ2) is 11.0. The molecular formula is C19H28O12. The Morgan fingerprint density at radius 1 is 0.806 bits per heavy atom. The molecule has 1 rings (SSSR count). The molecule has 31 heavy (non-hydrogen) atoms. The Hall–Kier alpha value is -2.73. The molecule has 0 N–H and O–H groups in total. The van der Waals surface area contributed by atoms with Crippen LogP contribution in [0.2, 0.25) is 0 Å². The van der Waals surface area contributed by atoms with Crippen molar-refractivity contribution in [2.24, 2.45) is 0 Å². The molecule has 12 heteroatoms. The lowest BCUT2D eigenvalue weighted by Crippen LogP contribution is -2.49. The molecule has 1 aliphatic heterocycles. The fourth-order valence-electron chi connectivity index (χ4n) is 2.96. The number of rotatable bonds is 9. The van der Waals surface area contributed by atoms with Crippen molar-refractivity contribution in [2.45, 2.75) is 85.0 Å². The van der Waals surface area contributed by atoms with E-state index >= 15 is 0 Å². The minimum Gasteiger partial charge on any atom is -0.462 e. The van der Waals surface area contributed by atoms with Crippen LogP contribution in [0.25, 0.3) is 0 Å². The minimum absolute atomic E-state index is 0.426. The molecule has 0 amide bonds. The molecule has 1 heterocycles. The molecule has 176 valence electrons. The summed E-state index contributed by atoms with van der Waals surface area (Å²) in [6.07, 6.45) is -6.44. The molecule has 0 saturated carbocycles. The third kappa shape index (κ3) is 8.89. The first-order valence-electron chi connectivity index (χ1n) is 9.39. The van der Waals surface area contributed by atoms with Crippen molar-refractivity contribution in [1.82, 2.24) is 0 Å². The van der Waals surface area contributed by atoms with E-state index in [0.29, 0.717) is 0 Å². The molecule has 0 aromatic rings. The van der Waals surface area contributed by atoms with Crippen molar-refractivity contribution in [2.75, 3.05) is 6.61 Å². The van der Waals surface area contributed by atoms with Crippen LogP contribution >= 0.6 is 0 Å². The fourth-order valence-corrected chi connectivity index (χ4v) is 2.96. The minimum atomic E-state index is -1.53. The summed E-state index contributed by atoms with van der Waals surface area (Å²) in [6, 6.07) is 0. The highest BCUT2D eigenvalue weighted by molar-refractivity contribution is 5.68. The Bertz CT molecular complexity index is 700. The summed E-state index contributed by atoms with van der Waals surface area (Å²) in [5.41, 5.74) is 0. The first-order chi connectivity index (χ1) is 14.2. The Morgan fingerprint density at radius 3 is 1.84 bits per heavy atom. The zero-order valence-electron chi connectivity index (χ0n) is 18.5. The third-order valence-electron chi connectivity index (χ3n) is 3.74. The van der Waals surface area contributed by atoms with E-state index in [4.69, 9.17) is 33.2 Å². The molecule has 1 saturated heterocycles. The molecule has 1 fully saturated rings. The van der Waals surface area contributed by atoms with Gasteiger partial charge in [-0.15, -0.1) is 0 Å². The Kier molecular flexibility index (Phi) is 9.38. The molecule has 12 nitrogen and oxygen atoms in total. The predicted molar refractivity (Wildman–Crippen MR) is 98.9 cm³/mol. The van der Waals surface area contributed by atoms with Crippen LogP contribution < -0.4 is 0 Å². The normalized spacial score (nSPS) is 24.0. The van der Waals surface area contributed by atoms with Gasteiger partial charge in [0, 0.05) is 48.5 Å². The Morgan fingerprint density at radius 2 is 1.39 bits per heavy atom.